The van der Waals surface area contributed by atoms with E-state index in [1.807, 2.05) is 0 Å². The van der Waals surface area contributed by atoms with Gasteiger partial charge in [0.25, 0.3) is 0 Å². The number of carbonyl (C=O) groups excluding carboxylic acids is 1. The Morgan fingerprint density at radius 1 is 1.05 bits per heavy atom. The summed E-state index contributed by atoms with van der Waals surface area (Å²) < 4.78 is 26.5. The smallest absolute Gasteiger partial charge is 0.147 e. The number of ketones is 1. The Morgan fingerprint density at radius 2 is 1.75 bits per heavy atom. The Labute approximate surface area is 128 Å². The third-order valence-corrected chi connectivity index (χ3v) is 4.07. The molecule has 0 aliphatic heterocycles. The van der Waals surface area contributed by atoms with Gasteiger partial charge in [-0.1, -0.05) is 15.9 Å². The first-order chi connectivity index (χ1) is 9.52. The van der Waals surface area contributed by atoms with Crippen LogP contribution >= 0.6 is 27.7 Å². The van der Waals surface area contributed by atoms with Crippen LogP contribution in [0.15, 0.2) is 51.8 Å². The summed E-state index contributed by atoms with van der Waals surface area (Å²) in [6.45, 7) is 0. The van der Waals surface area contributed by atoms with E-state index in [-0.39, 0.29) is 29.6 Å². The van der Waals surface area contributed by atoms with Gasteiger partial charge < -0.3 is 0 Å². The molecule has 0 fully saturated rings. The molecule has 0 saturated heterocycles. The molecular weight excluding hydrogens is 346 g/mol. The van der Waals surface area contributed by atoms with Gasteiger partial charge in [-0.3, -0.25) is 4.79 Å². The van der Waals surface area contributed by atoms with Gasteiger partial charge in [-0.15, -0.1) is 11.8 Å². The van der Waals surface area contributed by atoms with Gasteiger partial charge in [0.2, 0.25) is 0 Å². The van der Waals surface area contributed by atoms with E-state index in [1.54, 1.807) is 18.2 Å². The third kappa shape index (κ3) is 4.72. The maximum atomic E-state index is 13.2. The molecule has 0 amide bonds. The quantitative estimate of drug-likeness (QED) is 0.726. The molecule has 0 saturated carbocycles. The lowest BCUT2D eigenvalue weighted by molar-refractivity contribution is -0.116. The summed E-state index contributed by atoms with van der Waals surface area (Å²) in [6.07, 6.45) is 0.185. The first kappa shape index (κ1) is 15.2. The number of rotatable bonds is 5. The molecule has 0 radical (unpaired) electrons. The second-order valence-electron chi connectivity index (χ2n) is 4.24. The Morgan fingerprint density at radius 3 is 2.40 bits per heavy atom. The van der Waals surface area contributed by atoms with Crippen molar-refractivity contribution in [3.8, 4) is 0 Å². The highest BCUT2D eigenvalue weighted by Gasteiger charge is 2.07. The van der Waals surface area contributed by atoms with Crippen LogP contribution in [0, 0.1) is 11.6 Å². The number of halogens is 3. The number of hydrogen-bond acceptors (Lipinski definition) is 2. The van der Waals surface area contributed by atoms with Gasteiger partial charge in [-0.2, -0.15) is 0 Å². The van der Waals surface area contributed by atoms with E-state index in [9.17, 15) is 13.6 Å². The fourth-order valence-corrected chi connectivity index (χ4v) is 2.96. The second-order valence-corrected chi connectivity index (χ2v) is 6.20. The fraction of sp³-hybridized carbons (Fsp3) is 0.133. The number of Topliss-reactive ketones (excluding diaryl/α,β-unsaturated/α-hetero) is 1. The fourth-order valence-electron chi connectivity index (χ4n) is 1.69. The lowest BCUT2D eigenvalue weighted by Gasteiger charge is -2.03. The summed E-state index contributed by atoms with van der Waals surface area (Å²) in [6, 6.07) is 10.4. The maximum Gasteiger partial charge on any atom is 0.147 e. The Kier molecular flexibility index (Phi) is 5.31. The average molecular weight is 357 g/mol. The summed E-state index contributed by atoms with van der Waals surface area (Å²) in [4.78, 5) is 12.7. The molecule has 2 rings (SSSR count). The van der Waals surface area contributed by atoms with Crippen molar-refractivity contribution in [3.05, 3.63) is 64.1 Å². The van der Waals surface area contributed by atoms with E-state index in [1.165, 1.54) is 36.0 Å². The highest BCUT2D eigenvalue weighted by molar-refractivity contribution is 9.10. The molecule has 0 spiro atoms. The highest BCUT2D eigenvalue weighted by Crippen LogP contribution is 2.20. The molecule has 104 valence electrons. The van der Waals surface area contributed by atoms with Crippen molar-refractivity contribution in [2.75, 3.05) is 5.75 Å². The summed E-state index contributed by atoms with van der Waals surface area (Å²) in [5, 5.41) is 0. The van der Waals surface area contributed by atoms with Crippen LogP contribution in [0.3, 0.4) is 0 Å². The first-order valence-electron chi connectivity index (χ1n) is 5.88. The monoisotopic (exact) mass is 356 g/mol. The molecule has 0 aliphatic carbocycles. The summed E-state index contributed by atoms with van der Waals surface area (Å²) in [7, 11) is 0. The number of benzene rings is 2. The third-order valence-electron chi connectivity index (χ3n) is 2.54. The zero-order chi connectivity index (χ0) is 14.5. The average Bonchev–Trinajstić information content (AvgIpc) is 2.37. The largest absolute Gasteiger partial charge is 0.298 e. The second kappa shape index (κ2) is 6.99. The van der Waals surface area contributed by atoms with Crippen molar-refractivity contribution in [1.82, 2.24) is 0 Å². The highest BCUT2D eigenvalue weighted by atomic mass is 79.9. The van der Waals surface area contributed by atoms with E-state index in [4.69, 9.17) is 0 Å². The number of carbonyl (C=O) groups is 1. The van der Waals surface area contributed by atoms with Gasteiger partial charge in [0.15, 0.2) is 0 Å². The minimum Gasteiger partial charge on any atom is -0.298 e. The van der Waals surface area contributed by atoms with Crippen molar-refractivity contribution in [2.45, 2.75) is 11.3 Å². The zero-order valence-electron chi connectivity index (χ0n) is 10.4. The first-order valence-corrected chi connectivity index (χ1v) is 7.66. The Balaban J connectivity index is 1.90. The van der Waals surface area contributed by atoms with Crippen LogP contribution in [0.5, 0.6) is 0 Å². The topological polar surface area (TPSA) is 17.1 Å². The predicted octanol–water partition coefficient (Wildman–Crippen LogP) is 4.63. The molecule has 0 unspecified atom stereocenters. The lowest BCUT2D eigenvalue weighted by Crippen LogP contribution is -2.06. The normalized spacial score (nSPS) is 10.6. The van der Waals surface area contributed by atoms with E-state index in [0.717, 1.165) is 4.90 Å². The minimum absolute atomic E-state index is 0.00294. The Bertz CT molecular complexity index is 594. The van der Waals surface area contributed by atoms with Gasteiger partial charge >= 0.3 is 0 Å². The van der Waals surface area contributed by atoms with E-state index in [2.05, 4.69) is 15.9 Å². The predicted molar refractivity (Wildman–Crippen MR) is 79.9 cm³/mol. The van der Waals surface area contributed by atoms with Crippen LogP contribution in [0.25, 0.3) is 0 Å². The van der Waals surface area contributed by atoms with Crippen LogP contribution in [-0.2, 0) is 11.2 Å². The SMILES string of the molecule is O=C(CSc1ccc(F)cc1)Cc1cc(F)cc(Br)c1. The number of hydrogen-bond donors (Lipinski definition) is 0. The maximum absolute atomic E-state index is 13.2. The summed E-state index contributed by atoms with van der Waals surface area (Å²) >= 11 is 4.54. The van der Waals surface area contributed by atoms with Crippen LogP contribution in [0.1, 0.15) is 5.56 Å². The molecule has 1 nitrogen and oxygen atoms in total. The van der Waals surface area contributed by atoms with Gasteiger partial charge in [0.05, 0.1) is 5.75 Å². The van der Waals surface area contributed by atoms with Crippen LogP contribution in [0.4, 0.5) is 8.78 Å². The van der Waals surface area contributed by atoms with Crippen molar-refractivity contribution in [3.63, 3.8) is 0 Å². The molecule has 0 aliphatic rings. The van der Waals surface area contributed by atoms with Crippen LogP contribution in [-0.4, -0.2) is 11.5 Å². The van der Waals surface area contributed by atoms with Gasteiger partial charge in [-0.05, 0) is 48.0 Å². The van der Waals surface area contributed by atoms with Crippen molar-refractivity contribution in [1.29, 1.82) is 0 Å². The van der Waals surface area contributed by atoms with Crippen molar-refractivity contribution < 1.29 is 13.6 Å². The van der Waals surface area contributed by atoms with E-state index in [0.29, 0.717) is 10.0 Å². The molecule has 0 atom stereocenters. The molecule has 2 aromatic carbocycles. The molecule has 0 bridgehead atoms. The minimum atomic E-state index is -0.367. The lowest BCUT2D eigenvalue weighted by atomic mass is 10.1. The summed E-state index contributed by atoms with van der Waals surface area (Å²) in [5.74, 6) is -0.393. The van der Waals surface area contributed by atoms with Gasteiger partial charge in [0.1, 0.15) is 17.4 Å². The van der Waals surface area contributed by atoms with Crippen LogP contribution < -0.4 is 0 Å². The molecule has 20 heavy (non-hydrogen) atoms. The van der Waals surface area contributed by atoms with Crippen LogP contribution in [0.2, 0.25) is 0 Å². The van der Waals surface area contributed by atoms with Crippen molar-refractivity contribution >= 4 is 33.5 Å². The molecule has 0 N–H and O–H groups in total. The van der Waals surface area contributed by atoms with Gasteiger partial charge in [0, 0.05) is 15.8 Å². The molecule has 0 heterocycles. The van der Waals surface area contributed by atoms with E-state index >= 15 is 0 Å². The molecule has 2 aromatic rings. The van der Waals surface area contributed by atoms with Gasteiger partial charge in [-0.25, -0.2) is 8.78 Å². The standard InChI is InChI=1S/C15H11BrF2OS/c16-11-5-10(6-13(18)8-11)7-14(19)9-20-15-3-1-12(17)2-4-15/h1-6,8H,7,9H2. The number of thioether (sulfide) groups is 1. The molecular formula is C15H11BrF2OS. The molecule has 0 aromatic heterocycles. The van der Waals surface area contributed by atoms with E-state index < -0.39 is 0 Å². The Hall–Kier alpha value is -1.20. The molecule has 5 heteroatoms. The van der Waals surface area contributed by atoms with Crippen molar-refractivity contribution in [2.24, 2.45) is 0 Å². The zero-order valence-corrected chi connectivity index (χ0v) is 12.8. The summed E-state index contributed by atoms with van der Waals surface area (Å²) in [5.41, 5.74) is 0.640.